The molecule has 1 spiro atoms. The molecular formula is C17H25NO2S2. The summed E-state index contributed by atoms with van der Waals surface area (Å²) in [6.45, 7) is 2.30. The lowest BCUT2D eigenvalue weighted by Crippen LogP contribution is -2.59. The van der Waals surface area contributed by atoms with Crippen molar-refractivity contribution in [3.8, 4) is 0 Å². The summed E-state index contributed by atoms with van der Waals surface area (Å²) < 4.78 is 5.49. The van der Waals surface area contributed by atoms with Crippen LogP contribution in [0.4, 0.5) is 0 Å². The van der Waals surface area contributed by atoms with Crippen LogP contribution in [0.3, 0.4) is 0 Å². The fourth-order valence-corrected chi connectivity index (χ4v) is 7.71. The third-order valence-electron chi connectivity index (χ3n) is 5.33. The molecule has 2 saturated heterocycles. The van der Waals surface area contributed by atoms with Gasteiger partial charge in [0.05, 0.1) is 6.04 Å². The number of esters is 1. The average Bonchev–Trinajstić information content (AvgIpc) is 2.58. The van der Waals surface area contributed by atoms with E-state index in [2.05, 4.69) is 4.90 Å². The summed E-state index contributed by atoms with van der Waals surface area (Å²) >= 11 is 3.73. The number of carbonyl (C=O) groups excluding carboxylic acids is 1. The van der Waals surface area contributed by atoms with Crippen LogP contribution in [0.1, 0.15) is 51.4 Å². The van der Waals surface area contributed by atoms with E-state index in [1.165, 1.54) is 44.1 Å². The van der Waals surface area contributed by atoms with E-state index in [1.54, 1.807) is 0 Å². The molecule has 4 rings (SSSR count). The van der Waals surface area contributed by atoms with Gasteiger partial charge in [-0.2, -0.15) is 0 Å². The molecule has 0 aromatic carbocycles. The number of nitrogens with zero attached hydrogens (tertiary/aromatic N) is 1. The Bertz CT molecular complexity index is 479. The van der Waals surface area contributed by atoms with Gasteiger partial charge >= 0.3 is 5.97 Å². The topological polar surface area (TPSA) is 29.5 Å². The van der Waals surface area contributed by atoms with Gasteiger partial charge in [0, 0.05) is 6.42 Å². The highest BCUT2D eigenvalue weighted by molar-refractivity contribution is 8.20. The van der Waals surface area contributed by atoms with Crippen LogP contribution in [0, 0.1) is 0 Å². The van der Waals surface area contributed by atoms with Gasteiger partial charge in [-0.3, -0.25) is 4.90 Å². The molecule has 4 aliphatic rings. The Balaban J connectivity index is 1.75. The number of carbonyl (C=O) groups is 1. The summed E-state index contributed by atoms with van der Waals surface area (Å²) in [5, 5.41) is 0. The van der Waals surface area contributed by atoms with E-state index >= 15 is 0 Å². The normalized spacial score (nSPS) is 32.7. The second-order valence-corrected chi connectivity index (χ2v) is 9.70. The number of hydrogen-bond donors (Lipinski definition) is 0. The zero-order chi connectivity index (χ0) is 15.0. The van der Waals surface area contributed by atoms with E-state index in [9.17, 15) is 4.79 Å². The number of likely N-dealkylation sites (tertiary alicyclic amines) is 1. The number of thioether (sulfide) groups is 2. The summed E-state index contributed by atoms with van der Waals surface area (Å²) in [6, 6.07) is 0.291. The molecule has 0 bridgehead atoms. The van der Waals surface area contributed by atoms with Gasteiger partial charge in [-0.15, -0.1) is 23.5 Å². The van der Waals surface area contributed by atoms with Crippen molar-refractivity contribution < 1.29 is 9.53 Å². The Labute approximate surface area is 141 Å². The molecule has 0 N–H and O–H groups in total. The molecule has 0 aromatic rings. The highest BCUT2D eigenvalue weighted by atomic mass is 32.2. The number of rotatable bonds is 1. The van der Waals surface area contributed by atoms with Crippen LogP contribution < -0.4 is 0 Å². The summed E-state index contributed by atoms with van der Waals surface area (Å²) in [5.41, 5.74) is 1.47. The second kappa shape index (κ2) is 6.40. The fourth-order valence-electron chi connectivity index (χ4n) is 4.29. The smallest absolute Gasteiger partial charge is 0.339 e. The molecular weight excluding hydrogens is 314 g/mol. The van der Waals surface area contributed by atoms with Crippen molar-refractivity contribution in [3.05, 3.63) is 11.3 Å². The van der Waals surface area contributed by atoms with Crippen LogP contribution >= 0.6 is 23.5 Å². The summed E-state index contributed by atoms with van der Waals surface area (Å²) in [6.07, 6.45) is 9.64. The standard InChI is InChI=1S/C17H25NO2S2/c19-16-17(21-11-6-12-22-17)15(18-9-4-1-5-10-18)13-7-2-3-8-14(13)20-16/h15H,1-12H2/t15-/m1/s1. The Hall–Kier alpha value is -0.130. The molecule has 2 fully saturated rings. The predicted molar refractivity (Wildman–Crippen MR) is 93.1 cm³/mol. The highest BCUT2D eigenvalue weighted by Crippen LogP contribution is 2.54. The van der Waals surface area contributed by atoms with Gasteiger partial charge in [-0.1, -0.05) is 6.42 Å². The fraction of sp³-hybridized carbons (Fsp3) is 0.824. The molecule has 3 aliphatic heterocycles. The van der Waals surface area contributed by atoms with E-state index < -0.39 is 0 Å². The summed E-state index contributed by atoms with van der Waals surface area (Å²) in [4.78, 5) is 15.6. The number of hydrogen-bond acceptors (Lipinski definition) is 5. The maximum Gasteiger partial charge on any atom is 0.339 e. The zero-order valence-electron chi connectivity index (χ0n) is 13.1. The van der Waals surface area contributed by atoms with Gasteiger partial charge < -0.3 is 4.74 Å². The summed E-state index contributed by atoms with van der Waals surface area (Å²) in [5.74, 6) is 3.26. The molecule has 0 radical (unpaired) electrons. The van der Waals surface area contributed by atoms with Crippen molar-refractivity contribution >= 4 is 29.5 Å². The van der Waals surface area contributed by atoms with E-state index in [-0.39, 0.29) is 10.0 Å². The predicted octanol–water partition coefficient (Wildman–Crippen LogP) is 3.79. The minimum Gasteiger partial charge on any atom is -0.429 e. The number of allylic oxidation sites excluding steroid dienone is 1. The average molecular weight is 340 g/mol. The van der Waals surface area contributed by atoms with Crippen molar-refractivity contribution in [3.63, 3.8) is 0 Å². The van der Waals surface area contributed by atoms with Crippen LogP contribution in [0.25, 0.3) is 0 Å². The second-order valence-electron chi connectivity index (χ2n) is 6.76. The first-order valence-electron chi connectivity index (χ1n) is 8.77. The number of piperidine rings is 1. The van der Waals surface area contributed by atoms with Crippen LogP contribution in [-0.4, -0.2) is 45.6 Å². The van der Waals surface area contributed by atoms with Gasteiger partial charge in [0.1, 0.15) is 5.76 Å². The molecule has 3 heterocycles. The van der Waals surface area contributed by atoms with Crippen molar-refractivity contribution in [1.82, 2.24) is 4.90 Å². The zero-order valence-corrected chi connectivity index (χ0v) is 14.8. The summed E-state index contributed by atoms with van der Waals surface area (Å²) in [7, 11) is 0. The minimum absolute atomic E-state index is 0.0402. The van der Waals surface area contributed by atoms with Crippen molar-refractivity contribution in [1.29, 1.82) is 0 Å². The molecule has 0 unspecified atom stereocenters. The molecule has 22 heavy (non-hydrogen) atoms. The number of ether oxygens (including phenoxy) is 1. The molecule has 122 valence electrons. The highest BCUT2D eigenvalue weighted by Gasteiger charge is 2.56. The van der Waals surface area contributed by atoms with Gasteiger partial charge in [0.15, 0.2) is 4.08 Å². The van der Waals surface area contributed by atoms with Crippen molar-refractivity contribution in [2.45, 2.75) is 61.5 Å². The van der Waals surface area contributed by atoms with Crippen LogP contribution in [0.5, 0.6) is 0 Å². The van der Waals surface area contributed by atoms with Crippen LogP contribution in [0.15, 0.2) is 11.3 Å². The largest absolute Gasteiger partial charge is 0.429 e. The Morgan fingerprint density at radius 2 is 1.68 bits per heavy atom. The van der Waals surface area contributed by atoms with Crippen molar-refractivity contribution in [2.24, 2.45) is 0 Å². The third-order valence-corrected chi connectivity index (χ3v) is 8.66. The van der Waals surface area contributed by atoms with Crippen LogP contribution in [0.2, 0.25) is 0 Å². The molecule has 0 aromatic heterocycles. The monoisotopic (exact) mass is 339 g/mol. The van der Waals surface area contributed by atoms with Gasteiger partial charge in [-0.05, 0) is 68.7 Å². The van der Waals surface area contributed by atoms with Gasteiger partial charge in [0.2, 0.25) is 0 Å². The molecule has 3 nitrogen and oxygen atoms in total. The van der Waals surface area contributed by atoms with Crippen molar-refractivity contribution in [2.75, 3.05) is 24.6 Å². The van der Waals surface area contributed by atoms with Gasteiger partial charge in [-0.25, -0.2) is 4.79 Å². The first kappa shape index (κ1) is 15.4. The Kier molecular flexibility index (Phi) is 4.48. The van der Waals surface area contributed by atoms with E-state index in [0.717, 1.165) is 43.2 Å². The Morgan fingerprint density at radius 1 is 0.955 bits per heavy atom. The van der Waals surface area contributed by atoms with E-state index in [4.69, 9.17) is 4.74 Å². The SMILES string of the molecule is O=C1OC2=C(CCCC2)[C@@H](N2CCCCC2)C12SCCCS2. The molecule has 5 heteroatoms. The van der Waals surface area contributed by atoms with E-state index in [1.807, 2.05) is 23.5 Å². The molecule has 1 aliphatic carbocycles. The van der Waals surface area contributed by atoms with Gasteiger partial charge in [0.25, 0.3) is 0 Å². The molecule has 1 atom stereocenters. The lowest BCUT2D eigenvalue weighted by atomic mass is 9.86. The maximum atomic E-state index is 13.0. The molecule has 0 amide bonds. The first-order chi connectivity index (χ1) is 10.8. The lowest BCUT2D eigenvalue weighted by molar-refractivity contribution is -0.143. The first-order valence-corrected chi connectivity index (χ1v) is 10.7. The Morgan fingerprint density at radius 3 is 2.45 bits per heavy atom. The van der Waals surface area contributed by atoms with E-state index in [0.29, 0.717) is 6.04 Å². The third kappa shape index (κ3) is 2.53. The lowest BCUT2D eigenvalue weighted by Gasteiger charge is -2.50. The van der Waals surface area contributed by atoms with Crippen LogP contribution in [-0.2, 0) is 9.53 Å². The maximum absolute atomic E-state index is 13.0. The molecule has 0 saturated carbocycles. The quantitative estimate of drug-likeness (QED) is 0.678. The minimum atomic E-state index is -0.383.